The smallest absolute Gasteiger partial charge is 0.189 e. The van der Waals surface area contributed by atoms with Gasteiger partial charge in [0.2, 0.25) is 0 Å². The first kappa shape index (κ1) is 14.7. The molecule has 2 aromatic carbocycles. The van der Waals surface area contributed by atoms with Gasteiger partial charge >= 0.3 is 0 Å². The molecule has 0 radical (unpaired) electrons. The zero-order chi connectivity index (χ0) is 15.2. The lowest BCUT2D eigenvalue weighted by Crippen LogP contribution is -1.98. The largest absolute Gasteiger partial charge is 0.508 e. The van der Waals surface area contributed by atoms with E-state index in [1.165, 1.54) is 31.4 Å². The second-order valence-corrected chi connectivity index (χ2v) is 4.32. The number of ketones is 1. The van der Waals surface area contributed by atoms with Gasteiger partial charge in [-0.2, -0.15) is 0 Å². The molecule has 0 aliphatic carbocycles. The van der Waals surface area contributed by atoms with Crippen LogP contribution in [0.1, 0.15) is 15.9 Å². The van der Waals surface area contributed by atoms with Crippen LogP contribution in [0.25, 0.3) is 6.08 Å². The lowest BCUT2D eigenvalue weighted by Gasteiger charge is -2.06. The number of allylic oxidation sites excluding steroid dienone is 1. The molecule has 0 aromatic heterocycles. The maximum absolute atomic E-state index is 12.2. The van der Waals surface area contributed by atoms with Crippen molar-refractivity contribution in [1.82, 2.24) is 0 Å². The van der Waals surface area contributed by atoms with Crippen molar-refractivity contribution in [2.75, 3.05) is 14.2 Å². The summed E-state index contributed by atoms with van der Waals surface area (Å²) in [6.07, 6.45) is 3.14. The van der Waals surface area contributed by atoms with Crippen LogP contribution >= 0.6 is 0 Å². The predicted octanol–water partition coefficient (Wildman–Crippen LogP) is 3.31. The first-order chi connectivity index (χ1) is 10.2. The zero-order valence-corrected chi connectivity index (χ0v) is 11.9. The minimum atomic E-state index is -0.210. The zero-order valence-electron chi connectivity index (χ0n) is 11.9. The second-order valence-electron chi connectivity index (χ2n) is 4.32. The van der Waals surface area contributed by atoms with Crippen molar-refractivity contribution >= 4 is 11.9 Å². The van der Waals surface area contributed by atoms with Gasteiger partial charge in [0.25, 0.3) is 0 Å². The van der Waals surface area contributed by atoms with Gasteiger partial charge in [-0.25, -0.2) is 0 Å². The summed E-state index contributed by atoms with van der Waals surface area (Å²) in [5.74, 6) is 0.874. The number of ether oxygens (including phenoxy) is 2. The van der Waals surface area contributed by atoms with Gasteiger partial charge in [0.05, 0.1) is 19.8 Å². The summed E-state index contributed by atoms with van der Waals surface area (Å²) in [7, 11) is 3.03. The number of phenolic OH excluding ortho intramolecular Hbond substituents is 1. The topological polar surface area (TPSA) is 55.8 Å². The molecule has 0 bridgehead atoms. The summed E-state index contributed by atoms with van der Waals surface area (Å²) in [6, 6.07) is 11.8. The van der Waals surface area contributed by atoms with E-state index in [4.69, 9.17) is 9.47 Å². The Morgan fingerprint density at radius 2 is 1.76 bits per heavy atom. The Morgan fingerprint density at radius 3 is 2.48 bits per heavy atom. The molecule has 108 valence electrons. The molecule has 0 aliphatic heterocycles. The molecule has 1 N–H and O–H groups in total. The summed E-state index contributed by atoms with van der Waals surface area (Å²) < 4.78 is 10.3. The fourth-order valence-corrected chi connectivity index (χ4v) is 1.94. The Balaban J connectivity index is 2.27. The number of methoxy groups -OCH3 is 2. The number of para-hydroxylation sites is 1. The third-order valence-electron chi connectivity index (χ3n) is 3.00. The van der Waals surface area contributed by atoms with E-state index in [9.17, 15) is 9.90 Å². The second kappa shape index (κ2) is 6.61. The first-order valence-electron chi connectivity index (χ1n) is 6.38. The highest BCUT2D eigenvalue weighted by molar-refractivity contribution is 6.08. The van der Waals surface area contributed by atoms with Crippen molar-refractivity contribution < 1.29 is 19.4 Å². The summed E-state index contributed by atoms with van der Waals surface area (Å²) in [5.41, 5.74) is 1.20. The Kier molecular flexibility index (Phi) is 4.61. The van der Waals surface area contributed by atoms with E-state index in [2.05, 4.69) is 0 Å². The molecular weight excluding hydrogens is 268 g/mol. The van der Waals surface area contributed by atoms with Crippen LogP contribution in [0.15, 0.2) is 48.5 Å². The number of hydrogen-bond donors (Lipinski definition) is 1. The van der Waals surface area contributed by atoms with Gasteiger partial charge in [-0.3, -0.25) is 4.79 Å². The third-order valence-corrected chi connectivity index (χ3v) is 3.00. The van der Waals surface area contributed by atoms with E-state index < -0.39 is 0 Å². The summed E-state index contributed by atoms with van der Waals surface area (Å²) in [5, 5.41) is 9.40. The third kappa shape index (κ3) is 3.42. The molecule has 2 rings (SSSR count). The molecule has 0 fully saturated rings. The summed E-state index contributed by atoms with van der Waals surface area (Å²) >= 11 is 0. The molecule has 21 heavy (non-hydrogen) atoms. The molecule has 0 amide bonds. The van der Waals surface area contributed by atoms with Crippen molar-refractivity contribution in [1.29, 1.82) is 0 Å². The van der Waals surface area contributed by atoms with Crippen LogP contribution in [-0.4, -0.2) is 25.1 Å². The van der Waals surface area contributed by atoms with Gasteiger partial charge in [0, 0.05) is 11.6 Å². The van der Waals surface area contributed by atoms with Crippen molar-refractivity contribution in [3.8, 4) is 17.2 Å². The summed E-state index contributed by atoms with van der Waals surface area (Å²) in [4.78, 5) is 12.2. The number of hydrogen-bond acceptors (Lipinski definition) is 4. The average Bonchev–Trinajstić information content (AvgIpc) is 2.52. The Hall–Kier alpha value is -2.75. The van der Waals surface area contributed by atoms with Crippen LogP contribution in [-0.2, 0) is 0 Å². The Labute approximate surface area is 123 Å². The quantitative estimate of drug-likeness (QED) is 0.676. The van der Waals surface area contributed by atoms with Gasteiger partial charge < -0.3 is 14.6 Å². The van der Waals surface area contributed by atoms with Crippen LogP contribution in [0.2, 0.25) is 0 Å². The maximum atomic E-state index is 12.2. The summed E-state index contributed by atoms with van der Waals surface area (Å²) in [6.45, 7) is 0. The number of aromatic hydroxyl groups is 1. The molecule has 2 aromatic rings. The SMILES string of the molecule is COc1ccccc1/C=C/C(=O)c1ccc(O)cc1OC. The average molecular weight is 284 g/mol. The lowest BCUT2D eigenvalue weighted by molar-refractivity contribution is 0.104. The molecular formula is C17H16O4. The van der Waals surface area contributed by atoms with E-state index >= 15 is 0 Å². The molecule has 4 heteroatoms. The predicted molar refractivity (Wildman–Crippen MR) is 81.0 cm³/mol. The van der Waals surface area contributed by atoms with Crippen LogP contribution in [0, 0.1) is 0 Å². The minimum absolute atomic E-state index is 0.0529. The van der Waals surface area contributed by atoms with E-state index in [1.807, 2.05) is 24.3 Å². The molecule has 0 aliphatic rings. The van der Waals surface area contributed by atoms with Gasteiger partial charge in [-0.05, 0) is 30.4 Å². The van der Waals surface area contributed by atoms with Crippen LogP contribution in [0.4, 0.5) is 0 Å². The number of carbonyl (C=O) groups excluding carboxylic acids is 1. The van der Waals surface area contributed by atoms with E-state index in [0.717, 1.165) is 5.56 Å². The highest BCUT2D eigenvalue weighted by Gasteiger charge is 2.10. The molecule has 4 nitrogen and oxygen atoms in total. The van der Waals surface area contributed by atoms with Gasteiger partial charge in [0.15, 0.2) is 5.78 Å². The minimum Gasteiger partial charge on any atom is -0.508 e. The maximum Gasteiger partial charge on any atom is 0.189 e. The molecule has 0 saturated carbocycles. The van der Waals surface area contributed by atoms with Crippen molar-refractivity contribution in [3.63, 3.8) is 0 Å². The highest BCUT2D eigenvalue weighted by Crippen LogP contribution is 2.25. The van der Waals surface area contributed by atoms with Crippen molar-refractivity contribution in [3.05, 3.63) is 59.7 Å². The van der Waals surface area contributed by atoms with E-state index in [1.54, 1.807) is 13.2 Å². The first-order valence-corrected chi connectivity index (χ1v) is 6.38. The fraction of sp³-hybridized carbons (Fsp3) is 0.118. The molecule has 0 unspecified atom stereocenters. The molecule has 0 spiro atoms. The molecule has 0 heterocycles. The number of carbonyl (C=O) groups is 1. The molecule has 0 atom stereocenters. The standard InChI is InChI=1S/C17H16O4/c1-20-16-6-4-3-5-12(16)7-10-15(19)14-9-8-13(18)11-17(14)21-2/h3-11,18H,1-2H3/b10-7+. The van der Waals surface area contributed by atoms with Crippen molar-refractivity contribution in [2.24, 2.45) is 0 Å². The number of phenols is 1. The van der Waals surface area contributed by atoms with Crippen molar-refractivity contribution in [2.45, 2.75) is 0 Å². The van der Waals surface area contributed by atoms with Crippen LogP contribution in [0.3, 0.4) is 0 Å². The highest BCUT2D eigenvalue weighted by atomic mass is 16.5. The Morgan fingerprint density at radius 1 is 1.05 bits per heavy atom. The van der Waals surface area contributed by atoms with E-state index in [0.29, 0.717) is 17.1 Å². The molecule has 0 saturated heterocycles. The fourth-order valence-electron chi connectivity index (χ4n) is 1.94. The monoisotopic (exact) mass is 284 g/mol. The number of benzene rings is 2. The normalized spacial score (nSPS) is 10.6. The van der Waals surface area contributed by atoms with Crippen LogP contribution in [0.5, 0.6) is 17.2 Å². The number of rotatable bonds is 5. The van der Waals surface area contributed by atoms with Crippen LogP contribution < -0.4 is 9.47 Å². The lowest BCUT2D eigenvalue weighted by atomic mass is 10.1. The Bertz CT molecular complexity index is 674. The van der Waals surface area contributed by atoms with Gasteiger partial charge in [-0.1, -0.05) is 18.2 Å². The van der Waals surface area contributed by atoms with Gasteiger partial charge in [0.1, 0.15) is 17.2 Å². The van der Waals surface area contributed by atoms with Gasteiger partial charge in [-0.15, -0.1) is 0 Å². The van der Waals surface area contributed by atoms with E-state index in [-0.39, 0.29) is 11.5 Å².